The van der Waals surface area contributed by atoms with Gasteiger partial charge in [-0.15, -0.1) is 11.3 Å². The van der Waals surface area contributed by atoms with E-state index in [1.54, 1.807) is 17.4 Å². The molecule has 0 aliphatic carbocycles. The third-order valence-corrected chi connectivity index (χ3v) is 6.74. The number of hydrogen-bond acceptors (Lipinski definition) is 3. The zero-order valence-electron chi connectivity index (χ0n) is 9.59. The molecule has 0 spiro atoms. The Morgan fingerprint density at radius 3 is 2.47 bits per heavy atom. The van der Waals surface area contributed by atoms with Crippen molar-refractivity contribution in [3.63, 3.8) is 0 Å². The van der Waals surface area contributed by atoms with Crippen molar-refractivity contribution in [1.82, 2.24) is 5.43 Å². The molecule has 19 heavy (non-hydrogen) atoms. The van der Waals surface area contributed by atoms with Crippen LogP contribution in [0.15, 0.2) is 32.5 Å². The first-order chi connectivity index (χ1) is 9.01. The van der Waals surface area contributed by atoms with E-state index in [2.05, 4.69) is 43.4 Å². The fourth-order valence-corrected chi connectivity index (χ4v) is 4.15. The molecule has 0 aliphatic heterocycles. The van der Waals surface area contributed by atoms with Crippen LogP contribution in [0.4, 0.5) is 0 Å². The second kappa shape index (κ2) is 6.89. The van der Waals surface area contributed by atoms with E-state index in [-0.39, 0.29) is 6.04 Å². The van der Waals surface area contributed by atoms with Gasteiger partial charge in [-0.25, -0.2) is 0 Å². The molecule has 2 nitrogen and oxygen atoms in total. The van der Waals surface area contributed by atoms with E-state index in [4.69, 9.17) is 29.0 Å². The average molecular weight is 445 g/mol. The monoisotopic (exact) mass is 442 g/mol. The number of thiophene rings is 1. The summed E-state index contributed by atoms with van der Waals surface area (Å²) in [5, 5.41) is 1.12. The van der Waals surface area contributed by atoms with E-state index in [0.29, 0.717) is 10.0 Å². The van der Waals surface area contributed by atoms with Gasteiger partial charge in [-0.3, -0.25) is 11.3 Å². The van der Waals surface area contributed by atoms with Crippen LogP contribution in [0.1, 0.15) is 16.5 Å². The van der Waals surface area contributed by atoms with E-state index in [1.165, 1.54) is 0 Å². The number of nitrogens with one attached hydrogen (secondary N) is 1. The summed E-state index contributed by atoms with van der Waals surface area (Å²) >= 11 is 20.5. The van der Waals surface area contributed by atoms with Crippen LogP contribution in [-0.4, -0.2) is 0 Å². The molecule has 1 aromatic carbocycles. The van der Waals surface area contributed by atoms with Gasteiger partial charge < -0.3 is 0 Å². The number of halogens is 4. The van der Waals surface area contributed by atoms with E-state index in [0.717, 1.165) is 25.1 Å². The minimum Gasteiger partial charge on any atom is -0.271 e. The van der Waals surface area contributed by atoms with Gasteiger partial charge in [0.2, 0.25) is 0 Å². The molecule has 0 fully saturated rings. The van der Waals surface area contributed by atoms with Gasteiger partial charge in [-0.05, 0) is 62.0 Å². The number of hydrazine groups is 1. The van der Waals surface area contributed by atoms with Crippen molar-refractivity contribution < 1.29 is 0 Å². The Kier molecular flexibility index (Phi) is 5.72. The molecule has 1 aromatic heterocycles. The van der Waals surface area contributed by atoms with Crippen LogP contribution in [0.2, 0.25) is 10.0 Å². The summed E-state index contributed by atoms with van der Waals surface area (Å²) < 4.78 is 2.08. The van der Waals surface area contributed by atoms with E-state index < -0.39 is 0 Å². The average Bonchev–Trinajstić information content (AvgIpc) is 2.71. The molecule has 0 saturated heterocycles. The molecule has 0 saturated carbocycles. The molecule has 2 aromatic rings. The lowest BCUT2D eigenvalue weighted by molar-refractivity contribution is 0.560. The summed E-state index contributed by atoms with van der Waals surface area (Å²) in [6.07, 6.45) is 0.743. The second-order valence-corrected chi connectivity index (χ2v) is 8.01. The number of nitrogens with two attached hydrogens (primary N) is 1. The first-order valence-electron chi connectivity index (χ1n) is 5.36. The van der Waals surface area contributed by atoms with Crippen LogP contribution in [0.25, 0.3) is 0 Å². The summed E-state index contributed by atoms with van der Waals surface area (Å²) in [4.78, 5) is 1.15. The van der Waals surface area contributed by atoms with Gasteiger partial charge in [-0.1, -0.05) is 29.3 Å². The maximum absolute atomic E-state index is 6.02. The Morgan fingerprint density at radius 1 is 1.21 bits per heavy atom. The van der Waals surface area contributed by atoms with Crippen LogP contribution in [0.5, 0.6) is 0 Å². The molecule has 0 amide bonds. The molecule has 1 atom stereocenters. The van der Waals surface area contributed by atoms with Crippen LogP contribution >= 0.6 is 66.4 Å². The quantitative estimate of drug-likeness (QED) is 0.494. The van der Waals surface area contributed by atoms with E-state index in [9.17, 15) is 0 Å². The SMILES string of the molecule is NNC(Cc1ccc(Cl)c(Cl)c1)c1cc(Br)c(Br)s1. The van der Waals surface area contributed by atoms with Gasteiger partial charge >= 0.3 is 0 Å². The molecule has 1 heterocycles. The number of hydrogen-bond donors (Lipinski definition) is 2. The molecule has 1 unspecified atom stereocenters. The summed E-state index contributed by atoms with van der Waals surface area (Å²) in [5.74, 6) is 5.65. The highest BCUT2D eigenvalue weighted by Gasteiger charge is 2.15. The maximum Gasteiger partial charge on any atom is 0.0843 e. The van der Waals surface area contributed by atoms with E-state index >= 15 is 0 Å². The third kappa shape index (κ3) is 3.94. The lowest BCUT2D eigenvalue weighted by atomic mass is 10.1. The van der Waals surface area contributed by atoms with Gasteiger partial charge in [0.1, 0.15) is 0 Å². The van der Waals surface area contributed by atoms with Crippen LogP contribution in [0, 0.1) is 0 Å². The van der Waals surface area contributed by atoms with Gasteiger partial charge in [0.25, 0.3) is 0 Å². The molecular formula is C12H10Br2Cl2N2S. The highest BCUT2D eigenvalue weighted by Crippen LogP contribution is 2.36. The molecule has 2 rings (SSSR count). The topological polar surface area (TPSA) is 38.0 Å². The highest BCUT2D eigenvalue weighted by molar-refractivity contribution is 9.13. The predicted molar refractivity (Wildman–Crippen MR) is 89.9 cm³/mol. The van der Waals surface area contributed by atoms with Crippen molar-refractivity contribution in [2.24, 2.45) is 5.84 Å². The smallest absolute Gasteiger partial charge is 0.0843 e. The lowest BCUT2D eigenvalue weighted by Gasteiger charge is -2.14. The zero-order chi connectivity index (χ0) is 14.0. The molecule has 7 heteroatoms. The highest BCUT2D eigenvalue weighted by atomic mass is 79.9. The van der Waals surface area contributed by atoms with Crippen LogP contribution in [-0.2, 0) is 6.42 Å². The van der Waals surface area contributed by atoms with Crippen molar-refractivity contribution in [2.45, 2.75) is 12.5 Å². The van der Waals surface area contributed by atoms with Crippen molar-refractivity contribution >= 4 is 66.4 Å². The summed E-state index contributed by atoms with van der Waals surface area (Å²) in [5.41, 5.74) is 3.92. The Morgan fingerprint density at radius 2 is 1.95 bits per heavy atom. The largest absolute Gasteiger partial charge is 0.271 e. The summed E-state index contributed by atoms with van der Waals surface area (Å²) in [6, 6.07) is 7.70. The normalized spacial score (nSPS) is 12.7. The van der Waals surface area contributed by atoms with Crippen molar-refractivity contribution in [1.29, 1.82) is 0 Å². The van der Waals surface area contributed by atoms with Crippen LogP contribution < -0.4 is 11.3 Å². The van der Waals surface area contributed by atoms with Gasteiger partial charge in [-0.2, -0.15) is 0 Å². The molecule has 0 bridgehead atoms. The van der Waals surface area contributed by atoms with Gasteiger partial charge in [0.15, 0.2) is 0 Å². The minimum absolute atomic E-state index is 0.0323. The van der Waals surface area contributed by atoms with Gasteiger partial charge in [0, 0.05) is 9.35 Å². The summed E-state index contributed by atoms with van der Waals surface area (Å²) in [7, 11) is 0. The van der Waals surface area contributed by atoms with Crippen LogP contribution in [0.3, 0.4) is 0 Å². The zero-order valence-corrected chi connectivity index (χ0v) is 15.1. The van der Waals surface area contributed by atoms with Crippen molar-refractivity contribution in [3.05, 3.63) is 53.0 Å². The Balaban J connectivity index is 2.21. The fourth-order valence-electron chi connectivity index (χ4n) is 1.68. The Labute approximate surface area is 142 Å². The molecular weight excluding hydrogens is 435 g/mol. The second-order valence-electron chi connectivity index (χ2n) is 3.94. The minimum atomic E-state index is 0.0323. The summed E-state index contributed by atoms with van der Waals surface area (Å²) in [6.45, 7) is 0. The van der Waals surface area contributed by atoms with Gasteiger partial charge in [0.05, 0.1) is 19.9 Å². The molecule has 102 valence electrons. The first kappa shape index (κ1) is 15.8. The predicted octanol–water partition coefficient (Wildman–Crippen LogP) is 5.33. The van der Waals surface area contributed by atoms with Crippen molar-refractivity contribution in [3.8, 4) is 0 Å². The Hall–Kier alpha value is 0.380. The molecule has 3 N–H and O–H groups in total. The molecule has 0 radical (unpaired) electrons. The maximum atomic E-state index is 6.02. The lowest BCUT2D eigenvalue weighted by Crippen LogP contribution is -2.28. The molecule has 0 aliphatic rings. The number of rotatable bonds is 4. The fraction of sp³-hybridized carbons (Fsp3) is 0.167. The van der Waals surface area contributed by atoms with E-state index in [1.807, 2.05) is 12.1 Å². The first-order valence-corrected chi connectivity index (χ1v) is 8.52. The number of benzene rings is 1. The third-order valence-electron chi connectivity index (χ3n) is 2.63. The standard InChI is InChI=1S/C12H10Br2Cl2N2S/c13-7-5-11(19-12(7)14)10(18-17)4-6-1-2-8(15)9(16)3-6/h1-3,5,10,18H,4,17H2. The van der Waals surface area contributed by atoms with Crippen molar-refractivity contribution in [2.75, 3.05) is 0 Å². The Bertz CT molecular complexity index is 570.